The topological polar surface area (TPSA) is 42.2 Å². The van der Waals surface area contributed by atoms with Gasteiger partial charge in [-0.3, -0.25) is 0 Å². The van der Waals surface area contributed by atoms with Crippen molar-refractivity contribution in [2.75, 3.05) is 13.2 Å². The second-order valence-electron chi connectivity index (χ2n) is 5.34. The van der Waals surface area contributed by atoms with Gasteiger partial charge in [-0.2, -0.15) is 5.26 Å². The molecule has 124 valence electrons. The van der Waals surface area contributed by atoms with Crippen molar-refractivity contribution in [1.29, 1.82) is 5.26 Å². The molecule has 0 atom stereocenters. The zero-order chi connectivity index (χ0) is 17.5. The Morgan fingerprint density at radius 3 is 2.00 bits per heavy atom. The van der Waals surface area contributed by atoms with Crippen molar-refractivity contribution < 1.29 is 9.47 Å². The molecule has 3 aromatic rings. The van der Waals surface area contributed by atoms with Crippen molar-refractivity contribution in [1.82, 2.24) is 0 Å². The highest BCUT2D eigenvalue weighted by atomic mass is 35.5. The second-order valence-corrected chi connectivity index (χ2v) is 5.75. The maximum absolute atomic E-state index is 8.84. The van der Waals surface area contributed by atoms with Crippen LogP contribution in [0.5, 0.6) is 11.5 Å². The molecule has 4 heteroatoms. The molecule has 0 saturated carbocycles. The van der Waals surface area contributed by atoms with Crippen LogP contribution in [0.4, 0.5) is 0 Å². The molecule has 0 amide bonds. The fourth-order valence-electron chi connectivity index (χ4n) is 2.35. The molecule has 0 N–H and O–H groups in total. The monoisotopic (exact) mass is 349 g/mol. The molecule has 3 aromatic carbocycles. The van der Waals surface area contributed by atoms with Gasteiger partial charge in [0.05, 0.1) is 16.7 Å². The minimum Gasteiger partial charge on any atom is -0.490 e. The van der Waals surface area contributed by atoms with Crippen molar-refractivity contribution >= 4 is 11.6 Å². The van der Waals surface area contributed by atoms with Crippen molar-refractivity contribution in [3.8, 4) is 28.7 Å². The molecule has 0 unspecified atom stereocenters. The van der Waals surface area contributed by atoms with Gasteiger partial charge in [0.25, 0.3) is 0 Å². The maximum Gasteiger partial charge on any atom is 0.138 e. The standard InChI is InChI=1S/C21H16ClNO2/c22-20-3-1-2-4-21(20)25-14-13-24-19-11-9-18(10-12-19)17-7-5-16(15-23)6-8-17/h1-12H,13-14H2. The molecule has 0 fully saturated rings. The Morgan fingerprint density at radius 2 is 1.36 bits per heavy atom. The molecule has 0 aliphatic carbocycles. The van der Waals surface area contributed by atoms with E-state index in [9.17, 15) is 0 Å². The van der Waals surface area contributed by atoms with E-state index in [-0.39, 0.29) is 0 Å². The average Bonchev–Trinajstić information content (AvgIpc) is 2.67. The van der Waals surface area contributed by atoms with Crippen LogP contribution in [0.25, 0.3) is 11.1 Å². The lowest BCUT2D eigenvalue weighted by molar-refractivity contribution is 0.217. The van der Waals surface area contributed by atoms with E-state index >= 15 is 0 Å². The minimum absolute atomic E-state index is 0.418. The Bertz CT molecular complexity index is 868. The van der Waals surface area contributed by atoms with Crippen LogP contribution >= 0.6 is 11.6 Å². The van der Waals surface area contributed by atoms with Gasteiger partial charge in [0.2, 0.25) is 0 Å². The summed E-state index contributed by atoms with van der Waals surface area (Å²) in [5.41, 5.74) is 2.79. The van der Waals surface area contributed by atoms with Crippen LogP contribution in [0, 0.1) is 11.3 Å². The molecule has 0 radical (unpaired) electrons. The summed E-state index contributed by atoms with van der Waals surface area (Å²) in [5.74, 6) is 1.43. The van der Waals surface area contributed by atoms with Crippen molar-refractivity contribution in [3.63, 3.8) is 0 Å². The highest BCUT2D eigenvalue weighted by Gasteiger charge is 2.01. The number of ether oxygens (including phenoxy) is 2. The highest BCUT2D eigenvalue weighted by molar-refractivity contribution is 6.32. The van der Waals surface area contributed by atoms with Crippen molar-refractivity contribution in [2.24, 2.45) is 0 Å². The lowest BCUT2D eigenvalue weighted by Crippen LogP contribution is -2.09. The van der Waals surface area contributed by atoms with E-state index in [0.29, 0.717) is 29.5 Å². The summed E-state index contributed by atoms with van der Waals surface area (Å²) in [6.07, 6.45) is 0. The summed E-state index contributed by atoms with van der Waals surface area (Å²) in [4.78, 5) is 0. The molecular weight excluding hydrogens is 334 g/mol. The van der Waals surface area contributed by atoms with Crippen molar-refractivity contribution in [2.45, 2.75) is 0 Å². The number of nitrogens with zero attached hydrogens (tertiary/aromatic N) is 1. The van der Waals surface area contributed by atoms with Gasteiger partial charge >= 0.3 is 0 Å². The molecule has 0 aliphatic rings. The molecule has 25 heavy (non-hydrogen) atoms. The molecule has 0 heterocycles. The summed E-state index contributed by atoms with van der Waals surface area (Å²) >= 11 is 6.03. The number of para-hydroxylation sites is 1. The largest absolute Gasteiger partial charge is 0.490 e. The van der Waals surface area contributed by atoms with Gasteiger partial charge in [0, 0.05) is 0 Å². The summed E-state index contributed by atoms with van der Waals surface area (Å²) < 4.78 is 11.3. The third-order valence-corrected chi connectivity index (χ3v) is 3.96. The number of nitriles is 1. The van der Waals surface area contributed by atoms with E-state index in [1.807, 2.05) is 66.7 Å². The van der Waals surface area contributed by atoms with E-state index in [4.69, 9.17) is 26.3 Å². The highest BCUT2D eigenvalue weighted by Crippen LogP contribution is 2.24. The van der Waals surface area contributed by atoms with Crippen LogP contribution in [-0.2, 0) is 0 Å². The van der Waals surface area contributed by atoms with Crippen LogP contribution < -0.4 is 9.47 Å². The van der Waals surface area contributed by atoms with Gasteiger partial charge in [0.1, 0.15) is 24.7 Å². The number of hydrogen-bond donors (Lipinski definition) is 0. The lowest BCUT2D eigenvalue weighted by atomic mass is 10.0. The Morgan fingerprint density at radius 1 is 0.760 bits per heavy atom. The van der Waals surface area contributed by atoms with Gasteiger partial charge in [-0.05, 0) is 47.5 Å². The first-order valence-corrected chi connectivity index (χ1v) is 8.25. The molecule has 3 nitrogen and oxygen atoms in total. The normalized spacial score (nSPS) is 10.1. The molecular formula is C21H16ClNO2. The SMILES string of the molecule is N#Cc1ccc(-c2ccc(OCCOc3ccccc3Cl)cc2)cc1. The zero-order valence-corrected chi connectivity index (χ0v) is 14.2. The van der Waals surface area contributed by atoms with Crippen LogP contribution in [-0.4, -0.2) is 13.2 Å². The maximum atomic E-state index is 8.84. The Kier molecular flexibility index (Phi) is 5.56. The quantitative estimate of drug-likeness (QED) is 0.564. The van der Waals surface area contributed by atoms with Crippen molar-refractivity contribution in [3.05, 3.63) is 83.4 Å². The van der Waals surface area contributed by atoms with E-state index in [0.717, 1.165) is 16.9 Å². The van der Waals surface area contributed by atoms with Gasteiger partial charge in [-0.15, -0.1) is 0 Å². The first-order chi connectivity index (χ1) is 12.3. The zero-order valence-electron chi connectivity index (χ0n) is 13.5. The predicted octanol–water partition coefficient (Wildman–Crippen LogP) is 5.34. The molecule has 0 aromatic heterocycles. The number of rotatable bonds is 6. The average molecular weight is 350 g/mol. The number of hydrogen-bond acceptors (Lipinski definition) is 3. The summed E-state index contributed by atoms with van der Waals surface area (Å²) in [6, 6.07) is 24.8. The van der Waals surface area contributed by atoms with E-state index < -0.39 is 0 Å². The van der Waals surface area contributed by atoms with Gasteiger partial charge < -0.3 is 9.47 Å². The third-order valence-electron chi connectivity index (χ3n) is 3.65. The Balaban J connectivity index is 1.52. The first-order valence-electron chi connectivity index (χ1n) is 7.87. The smallest absolute Gasteiger partial charge is 0.138 e. The van der Waals surface area contributed by atoms with E-state index in [2.05, 4.69) is 6.07 Å². The van der Waals surface area contributed by atoms with Gasteiger partial charge in [-0.1, -0.05) is 48.0 Å². The minimum atomic E-state index is 0.418. The summed E-state index contributed by atoms with van der Waals surface area (Å²) in [6.45, 7) is 0.850. The molecule has 0 saturated heterocycles. The van der Waals surface area contributed by atoms with Gasteiger partial charge in [0.15, 0.2) is 0 Å². The molecule has 0 spiro atoms. The predicted molar refractivity (Wildman–Crippen MR) is 99.0 cm³/mol. The third kappa shape index (κ3) is 4.53. The number of halogens is 1. The van der Waals surface area contributed by atoms with Crippen LogP contribution in [0.15, 0.2) is 72.8 Å². The van der Waals surface area contributed by atoms with E-state index in [1.165, 1.54) is 0 Å². The Labute approximate surface area is 152 Å². The first kappa shape index (κ1) is 16.9. The lowest BCUT2D eigenvalue weighted by Gasteiger charge is -2.10. The van der Waals surface area contributed by atoms with Gasteiger partial charge in [-0.25, -0.2) is 0 Å². The van der Waals surface area contributed by atoms with E-state index in [1.54, 1.807) is 6.07 Å². The Hall–Kier alpha value is -2.96. The number of benzene rings is 3. The fourth-order valence-corrected chi connectivity index (χ4v) is 2.54. The second kappa shape index (κ2) is 8.23. The van der Waals surface area contributed by atoms with Crippen LogP contribution in [0.2, 0.25) is 5.02 Å². The summed E-state index contributed by atoms with van der Waals surface area (Å²) in [5, 5.41) is 9.43. The molecule has 3 rings (SSSR count). The van der Waals surface area contributed by atoms with Crippen LogP contribution in [0.3, 0.4) is 0 Å². The molecule has 0 bridgehead atoms. The summed E-state index contributed by atoms with van der Waals surface area (Å²) in [7, 11) is 0. The molecule has 0 aliphatic heterocycles. The fraction of sp³-hybridized carbons (Fsp3) is 0.0952. The van der Waals surface area contributed by atoms with Crippen LogP contribution in [0.1, 0.15) is 5.56 Å².